The summed E-state index contributed by atoms with van der Waals surface area (Å²) in [5.41, 5.74) is 6.15. The molecule has 0 saturated heterocycles. The molecule has 0 aromatic heterocycles. The summed E-state index contributed by atoms with van der Waals surface area (Å²) >= 11 is 0. The van der Waals surface area contributed by atoms with Crippen LogP contribution in [0.5, 0.6) is 5.75 Å². The largest absolute Gasteiger partial charge is 0.493 e. The van der Waals surface area contributed by atoms with Crippen LogP contribution < -0.4 is 10.5 Å². The van der Waals surface area contributed by atoms with Crippen molar-refractivity contribution in [3.05, 3.63) is 36.9 Å². The molecular formula is C11H15NO3S. The summed E-state index contributed by atoms with van der Waals surface area (Å²) in [4.78, 5) is 0. The predicted molar refractivity (Wildman–Crippen MR) is 65.2 cm³/mol. The van der Waals surface area contributed by atoms with E-state index in [-0.39, 0.29) is 18.1 Å². The zero-order valence-electron chi connectivity index (χ0n) is 8.93. The van der Waals surface area contributed by atoms with Gasteiger partial charge in [-0.05, 0) is 24.3 Å². The highest BCUT2D eigenvalue weighted by atomic mass is 32.2. The van der Waals surface area contributed by atoms with Crippen LogP contribution in [-0.4, -0.2) is 26.5 Å². The van der Waals surface area contributed by atoms with Gasteiger partial charge in [0.05, 0.1) is 11.5 Å². The lowest BCUT2D eigenvalue weighted by atomic mass is 10.3. The maximum atomic E-state index is 11.3. The van der Waals surface area contributed by atoms with Gasteiger partial charge in [0.1, 0.15) is 12.4 Å². The predicted octanol–water partition coefficient (Wildman–Crippen LogP) is 1.25. The maximum absolute atomic E-state index is 11.3. The second-order valence-electron chi connectivity index (χ2n) is 3.32. The summed E-state index contributed by atoms with van der Waals surface area (Å²) in [7, 11) is -3.08. The van der Waals surface area contributed by atoms with Crippen molar-refractivity contribution in [2.75, 3.05) is 23.8 Å². The third-order valence-corrected chi connectivity index (χ3v) is 3.45. The summed E-state index contributed by atoms with van der Waals surface area (Å²) in [6.07, 6.45) is 1.37. The minimum Gasteiger partial charge on any atom is -0.493 e. The Kier molecular flexibility index (Phi) is 4.37. The van der Waals surface area contributed by atoms with Crippen LogP contribution in [0.25, 0.3) is 0 Å². The molecule has 0 aliphatic rings. The molecule has 88 valence electrons. The number of benzene rings is 1. The molecule has 0 bridgehead atoms. The third-order valence-electron chi connectivity index (χ3n) is 1.91. The number of anilines is 1. The number of sulfone groups is 1. The van der Waals surface area contributed by atoms with E-state index in [0.717, 1.165) is 0 Å². The Hall–Kier alpha value is -1.49. The van der Waals surface area contributed by atoms with Gasteiger partial charge in [0.25, 0.3) is 0 Å². The van der Waals surface area contributed by atoms with Gasteiger partial charge in [0.15, 0.2) is 9.84 Å². The van der Waals surface area contributed by atoms with E-state index in [2.05, 4.69) is 6.58 Å². The van der Waals surface area contributed by atoms with Crippen LogP contribution in [0.4, 0.5) is 5.69 Å². The van der Waals surface area contributed by atoms with Crippen molar-refractivity contribution < 1.29 is 13.2 Å². The van der Waals surface area contributed by atoms with E-state index in [4.69, 9.17) is 10.5 Å². The van der Waals surface area contributed by atoms with E-state index in [0.29, 0.717) is 11.4 Å². The van der Waals surface area contributed by atoms with Gasteiger partial charge in [0, 0.05) is 5.69 Å². The highest BCUT2D eigenvalue weighted by Crippen LogP contribution is 2.12. The molecule has 1 aromatic rings. The fourth-order valence-corrected chi connectivity index (χ4v) is 1.98. The number of rotatable bonds is 6. The van der Waals surface area contributed by atoms with Crippen LogP contribution >= 0.6 is 0 Å². The van der Waals surface area contributed by atoms with Gasteiger partial charge in [-0.15, -0.1) is 6.58 Å². The van der Waals surface area contributed by atoms with E-state index in [1.165, 1.54) is 6.08 Å². The number of hydrogen-bond acceptors (Lipinski definition) is 4. The first kappa shape index (κ1) is 12.6. The lowest BCUT2D eigenvalue weighted by molar-refractivity contribution is 0.341. The molecule has 0 fully saturated rings. The van der Waals surface area contributed by atoms with Gasteiger partial charge < -0.3 is 10.5 Å². The van der Waals surface area contributed by atoms with Crippen molar-refractivity contribution in [1.29, 1.82) is 0 Å². The number of nitrogen functional groups attached to an aromatic ring is 1. The molecule has 0 amide bonds. The molecule has 0 unspecified atom stereocenters. The SMILES string of the molecule is C=CCS(=O)(=O)CCOc1ccc(N)cc1. The molecule has 1 rings (SSSR count). The van der Waals surface area contributed by atoms with Crippen LogP contribution in [0.1, 0.15) is 0 Å². The van der Waals surface area contributed by atoms with Gasteiger partial charge in [-0.2, -0.15) is 0 Å². The van der Waals surface area contributed by atoms with Crippen molar-refractivity contribution >= 4 is 15.5 Å². The summed E-state index contributed by atoms with van der Waals surface area (Å²) in [5.74, 6) is 0.588. The lowest BCUT2D eigenvalue weighted by Gasteiger charge is -2.06. The number of ether oxygens (including phenoxy) is 1. The first-order valence-corrected chi connectivity index (χ1v) is 6.65. The van der Waals surface area contributed by atoms with Gasteiger partial charge in [-0.3, -0.25) is 0 Å². The Morgan fingerprint density at radius 3 is 2.50 bits per heavy atom. The Morgan fingerprint density at radius 2 is 1.94 bits per heavy atom. The van der Waals surface area contributed by atoms with Crippen LogP contribution in [0.2, 0.25) is 0 Å². The zero-order chi connectivity index (χ0) is 12.0. The second kappa shape index (κ2) is 5.55. The molecule has 16 heavy (non-hydrogen) atoms. The van der Waals surface area contributed by atoms with E-state index < -0.39 is 9.84 Å². The molecule has 0 atom stereocenters. The molecule has 0 spiro atoms. The average Bonchev–Trinajstić information content (AvgIpc) is 2.20. The van der Waals surface area contributed by atoms with Gasteiger partial charge in [-0.1, -0.05) is 6.08 Å². The Bertz CT molecular complexity index is 437. The number of hydrogen-bond donors (Lipinski definition) is 1. The standard InChI is InChI=1S/C11H15NO3S/c1-2-8-16(13,14)9-7-15-11-5-3-10(12)4-6-11/h2-6H,1,7-9,12H2. The summed E-state index contributed by atoms with van der Waals surface area (Å²) in [6.45, 7) is 3.53. The molecule has 4 nitrogen and oxygen atoms in total. The molecular weight excluding hydrogens is 226 g/mol. The molecule has 0 radical (unpaired) electrons. The molecule has 1 aromatic carbocycles. The zero-order valence-corrected chi connectivity index (χ0v) is 9.74. The Balaban J connectivity index is 2.41. The number of nitrogens with two attached hydrogens (primary N) is 1. The van der Waals surface area contributed by atoms with E-state index in [9.17, 15) is 8.42 Å². The van der Waals surface area contributed by atoms with Crippen molar-refractivity contribution in [2.24, 2.45) is 0 Å². The molecule has 5 heteroatoms. The van der Waals surface area contributed by atoms with Crippen molar-refractivity contribution in [2.45, 2.75) is 0 Å². The molecule has 2 N–H and O–H groups in total. The molecule has 0 aliphatic carbocycles. The van der Waals surface area contributed by atoms with Crippen LogP contribution in [0.3, 0.4) is 0 Å². The normalized spacial score (nSPS) is 11.0. The minimum atomic E-state index is -3.08. The Labute approximate surface area is 95.6 Å². The highest BCUT2D eigenvalue weighted by molar-refractivity contribution is 7.91. The fourth-order valence-electron chi connectivity index (χ4n) is 1.11. The quantitative estimate of drug-likeness (QED) is 0.601. The molecule has 0 aliphatic heterocycles. The monoisotopic (exact) mass is 241 g/mol. The van der Waals surface area contributed by atoms with Crippen LogP contribution in [-0.2, 0) is 9.84 Å². The van der Waals surface area contributed by atoms with E-state index in [1.807, 2.05) is 0 Å². The van der Waals surface area contributed by atoms with E-state index >= 15 is 0 Å². The third kappa shape index (κ3) is 4.35. The first-order chi connectivity index (χ1) is 7.53. The van der Waals surface area contributed by atoms with Crippen LogP contribution in [0, 0.1) is 0 Å². The van der Waals surface area contributed by atoms with Crippen molar-refractivity contribution in [1.82, 2.24) is 0 Å². The van der Waals surface area contributed by atoms with Crippen LogP contribution in [0.15, 0.2) is 36.9 Å². The molecule has 0 saturated carbocycles. The maximum Gasteiger partial charge on any atom is 0.157 e. The summed E-state index contributed by atoms with van der Waals surface area (Å²) in [6, 6.07) is 6.81. The smallest absolute Gasteiger partial charge is 0.157 e. The fraction of sp³-hybridized carbons (Fsp3) is 0.273. The first-order valence-electron chi connectivity index (χ1n) is 4.83. The minimum absolute atomic E-state index is 0.0105. The average molecular weight is 241 g/mol. The summed E-state index contributed by atoms with van der Waals surface area (Å²) in [5, 5.41) is 0. The van der Waals surface area contributed by atoms with E-state index in [1.54, 1.807) is 24.3 Å². The summed E-state index contributed by atoms with van der Waals surface area (Å²) < 4.78 is 27.9. The lowest BCUT2D eigenvalue weighted by Crippen LogP contribution is -2.16. The van der Waals surface area contributed by atoms with Crippen molar-refractivity contribution in [3.63, 3.8) is 0 Å². The topological polar surface area (TPSA) is 69.4 Å². The van der Waals surface area contributed by atoms with Gasteiger partial charge >= 0.3 is 0 Å². The highest BCUT2D eigenvalue weighted by Gasteiger charge is 2.08. The van der Waals surface area contributed by atoms with Gasteiger partial charge in [-0.25, -0.2) is 8.42 Å². The Morgan fingerprint density at radius 1 is 1.31 bits per heavy atom. The van der Waals surface area contributed by atoms with Gasteiger partial charge in [0.2, 0.25) is 0 Å². The second-order valence-corrected chi connectivity index (χ2v) is 5.55. The molecule has 0 heterocycles. The van der Waals surface area contributed by atoms with Crippen molar-refractivity contribution in [3.8, 4) is 5.75 Å².